The molecule has 0 spiro atoms. The largest absolute Gasteiger partial charge is 0.228 e. The van der Waals surface area contributed by atoms with Crippen molar-refractivity contribution in [3.05, 3.63) is 35.4 Å². The van der Waals surface area contributed by atoms with Crippen molar-refractivity contribution in [2.75, 3.05) is 11.8 Å². The highest BCUT2D eigenvalue weighted by molar-refractivity contribution is 7.90. The molecule has 0 fully saturated rings. The molecule has 5 heteroatoms. The summed E-state index contributed by atoms with van der Waals surface area (Å²) in [5, 5.41) is -0.368. The highest BCUT2D eigenvalue weighted by Gasteiger charge is 2.19. The van der Waals surface area contributed by atoms with Crippen LogP contribution >= 0.6 is 11.6 Å². The van der Waals surface area contributed by atoms with Crippen LogP contribution in [0.1, 0.15) is 18.1 Å². The number of nitrogens with zero attached hydrogens (tertiary/aromatic N) is 1. The van der Waals surface area contributed by atoms with Gasteiger partial charge >= 0.3 is 0 Å². The number of aryl methyl sites for hydroxylation is 1. The first kappa shape index (κ1) is 13.5. The molecule has 3 nitrogen and oxygen atoms in total. The molecule has 1 aromatic rings. The number of sulfonamides is 1. The van der Waals surface area contributed by atoms with Crippen LogP contribution in [0.15, 0.2) is 24.3 Å². The third-order valence-electron chi connectivity index (χ3n) is 2.49. The standard InChI is InChI=1S/C11H16ClNO2S/c1-3-13(16(14,15)9-12)8-11-7-5-4-6-10(11)2/h4-7H,3,8-9H2,1-2H3. The molecular weight excluding hydrogens is 246 g/mol. The molecule has 0 heterocycles. The maximum Gasteiger partial charge on any atom is 0.228 e. The SMILES string of the molecule is CCN(Cc1ccccc1C)S(=O)(=O)CCl. The van der Waals surface area contributed by atoms with Crippen LogP contribution in [0.5, 0.6) is 0 Å². The molecule has 16 heavy (non-hydrogen) atoms. The lowest BCUT2D eigenvalue weighted by Gasteiger charge is -2.19. The summed E-state index contributed by atoms with van der Waals surface area (Å²) in [5.41, 5.74) is 2.10. The maximum atomic E-state index is 11.6. The molecule has 0 aliphatic heterocycles. The van der Waals surface area contributed by atoms with Crippen molar-refractivity contribution in [2.24, 2.45) is 0 Å². The summed E-state index contributed by atoms with van der Waals surface area (Å²) < 4.78 is 24.7. The fraction of sp³-hybridized carbons (Fsp3) is 0.455. The van der Waals surface area contributed by atoms with Crippen LogP contribution in [0, 0.1) is 6.92 Å². The second-order valence-electron chi connectivity index (χ2n) is 3.57. The van der Waals surface area contributed by atoms with E-state index in [1.54, 1.807) is 0 Å². The summed E-state index contributed by atoms with van der Waals surface area (Å²) in [5.74, 6) is 0. The second kappa shape index (κ2) is 5.66. The van der Waals surface area contributed by atoms with Crippen molar-refractivity contribution in [1.82, 2.24) is 4.31 Å². The van der Waals surface area contributed by atoms with Crippen LogP contribution in [-0.4, -0.2) is 24.5 Å². The number of rotatable bonds is 5. The molecule has 0 atom stereocenters. The monoisotopic (exact) mass is 261 g/mol. The third-order valence-corrected chi connectivity index (χ3v) is 4.77. The molecule has 0 unspecified atom stereocenters. The van der Waals surface area contributed by atoms with E-state index in [1.807, 2.05) is 38.1 Å². The van der Waals surface area contributed by atoms with Gasteiger partial charge in [0.2, 0.25) is 10.0 Å². The van der Waals surface area contributed by atoms with Crippen LogP contribution in [0.2, 0.25) is 0 Å². The van der Waals surface area contributed by atoms with Crippen molar-refractivity contribution in [3.63, 3.8) is 0 Å². The Bertz CT molecular complexity index is 445. The predicted octanol–water partition coefficient (Wildman–Crippen LogP) is 2.34. The van der Waals surface area contributed by atoms with Crippen molar-refractivity contribution in [2.45, 2.75) is 20.4 Å². The smallest absolute Gasteiger partial charge is 0.211 e. The van der Waals surface area contributed by atoms with Gasteiger partial charge in [0.25, 0.3) is 0 Å². The normalized spacial score (nSPS) is 12.0. The number of halogens is 1. The molecule has 0 amide bonds. The topological polar surface area (TPSA) is 37.4 Å². The van der Waals surface area contributed by atoms with E-state index in [9.17, 15) is 8.42 Å². The Morgan fingerprint density at radius 2 is 1.94 bits per heavy atom. The second-order valence-corrected chi connectivity index (χ2v) is 6.13. The molecule has 1 aromatic carbocycles. The Morgan fingerprint density at radius 3 is 2.44 bits per heavy atom. The minimum absolute atomic E-state index is 0.368. The predicted molar refractivity (Wildman–Crippen MR) is 66.9 cm³/mol. The van der Waals surface area contributed by atoms with Crippen LogP contribution in [-0.2, 0) is 16.6 Å². The van der Waals surface area contributed by atoms with Gasteiger partial charge in [0.15, 0.2) is 0 Å². The van der Waals surface area contributed by atoms with Crippen LogP contribution in [0.4, 0.5) is 0 Å². The first-order valence-electron chi connectivity index (χ1n) is 5.09. The fourth-order valence-electron chi connectivity index (χ4n) is 1.45. The Hall–Kier alpha value is -0.580. The van der Waals surface area contributed by atoms with Gasteiger partial charge < -0.3 is 0 Å². The summed E-state index contributed by atoms with van der Waals surface area (Å²) >= 11 is 5.44. The average molecular weight is 262 g/mol. The number of benzene rings is 1. The molecular formula is C11H16ClNO2S. The maximum absolute atomic E-state index is 11.6. The van der Waals surface area contributed by atoms with E-state index in [-0.39, 0.29) is 5.21 Å². The molecule has 0 saturated heterocycles. The van der Waals surface area contributed by atoms with Gasteiger partial charge in [-0.05, 0) is 18.1 Å². The van der Waals surface area contributed by atoms with E-state index in [0.29, 0.717) is 13.1 Å². The number of alkyl halides is 1. The number of hydrogen-bond acceptors (Lipinski definition) is 2. The van der Waals surface area contributed by atoms with Crippen molar-refractivity contribution in [3.8, 4) is 0 Å². The zero-order valence-corrected chi connectivity index (χ0v) is 11.1. The first-order valence-corrected chi connectivity index (χ1v) is 7.24. The summed E-state index contributed by atoms with van der Waals surface area (Å²) in [6, 6.07) is 7.74. The summed E-state index contributed by atoms with van der Waals surface area (Å²) in [4.78, 5) is 0. The molecule has 90 valence electrons. The quantitative estimate of drug-likeness (QED) is 0.763. The fourth-order valence-corrected chi connectivity index (χ4v) is 2.73. The Morgan fingerprint density at radius 1 is 1.31 bits per heavy atom. The van der Waals surface area contributed by atoms with Gasteiger partial charge in [0.05, 0.1) is 0 Å². The highest BCUT2D eigenvalue weighted by atomic mass is 35.5. The van der Waals surface area contributed by atoms with Gasteiger partial charge in [0.1, 0.15) is 5.21 Å². The minimum Gasteiger partial charge on any atom is -0.211 e. The Kier molecular flexibility index (Phi) is 4.77. The Balaban J connectivity index is 2.91. The van der Waals surface area contributed by atoms with Crippen molar-refractivity contribution in [1.29, 1.82) is 0 Å². The molecule has 0 radical (unpaired) electrons. The first-order chi connectivity index (χ1) is 7.51. The summed E-state index contributed by atoms with van der Waals surface area (Å²) in [7, 11) is -3.33. The zero-order valence-electron chi connectivity index (χ0n) is 9.48. The van der Waals surface area contributed by atoms with Crippen LogP contribution in [0.3, 0.4) is 0 Å². The van der Waals surface area contributed by atoms with Gasteiger partial charge in [0, 0.05) is 13.1 Å². The Labute approximate surface area is 102 Å². The average Bonchev–Trinajstić information content (AvgIpc) is 2.27. The zero-order chi connectivity index (χ0) is 12.2. The lowest BCUT2D eigenvalue weighted by Crippen LogP contribution is -2.31. The van der Waals surface area contributed by atoms with E-state index in [1.165, 1.54) is 4.31 Å². The van der Waals surface area contributed by atoms with Gasteiger partial charge in [-0.15, -0.1) is 11.6 Å². The van der Waals surface area contributed by atoms with E-state index >= 15 is 0 Å². The molecule has 0 aliphatic rings. The third kappa shape index (κ3) is 3.20. The van der Waals surface area contributed by atoms with Gasteiger partial charge in [-0.25, -0.2) is 8.42 Å². The molecule has 0 aliphatic carbocycles. The van der Waals surface area contributed by atoms with E-state index in [4.69, 9.17) is 11.6 Å². The van der Waals surface area contributed by atoms with E-state index in [2.05, 4.69) is 0 Å². The molecule has 0 saturated carbocycles. The van der Waals surface area contributed by atoms with Crippen LogP contribution in [0.25, 0.3) is 0 Å². The van der Waals surface area contributed by atoms with Crippen LogP contribution < -0.4 is 0 Å². The minimum atomic E-state index is -3.33. The lowest BCUT2D eigenvalue weighted by molar-refractivity contribution is 0.426. The van der Waals surface area contributed by atoms with Gasteiger partial charge in [-0.2, -0.15) is 4.31 Å². The summed E-state index contributed by atoms with van der Waals surface area (Å²) in [6.45, 7) is 4.60. The molecule has 1 rings (SSSR count). The molecule has 0 N–H and O–H groups in total. The summed E-state index contributed by atoms with van der Waals surface area (Å²) in [6.07, 6.45) is 0. The lowest BCUT2D eigenvalue weighted by atomic mass is 10.1. The van der Waals surface area contributed by atoms with E-state index in [0.717, 1.165) is 11.1 Å². The van der Waals surface area contributed by atoms with E-state index < -0.39 is 10.0 Å². The molecule has 0 aromatic heterocycles. The van der Waals surface area contributed by atoms with Crippen molar-refractivity contribution >= 4 is 21.6 Å². The number of hydrogen-bond donors (Lipinski definition) is 0. The van der Waals surface area contributed by atoms with Gasteiger partial charge in [-0.3, -0.25) is 0 Å². The highest BCUT2D eigenvalue weighted by Crippen LogP contribution is 2.13. The molecule has 0 bridgehead atoms. The van der Waals surface area contributed by atoms with Gasteiger partial charge in [-0.1, -0.05) is 31.2 Å². The van der Waals surface area contributed by atoms with Crippen molar-refractivity contribution < 1.29 is 8.42 Å².